The Hall–Kier alpha value is 0.100. The molecule has 1 unspecified atom stereocenters. The van der Waals surface area contributed by atoms with Crippen LogP contribution < -0.4 is 0 Å². The molecule has 2 heteroatoms. The van der Waals surface area contributed by atoms with E-state index in [4.69, 9.17) is 0 Å². The zero-order valence-electron chi connectivity index (χ0n) is 18.5. The summed E-state index contributed by atoms with van der Waals surface area (Å²) in [5.74, 6) is 0. The fourth-order valence-electron chi connectivity index (χ4n) is 4.04. The molecule has 0 aromatic carbocycles. The van der Waals surface area contributed by atoms with Gasteiger partial charge in [-0.25, -0.2) is 0 Å². The first kappa shape index (κ1) is 26.1. The third-order valence-electron chi connectivity index (χ3n) is 5.93. The molecule has 0 N–H and O–H groups in total. The predicted molar refractivity (Wildman–Crippen MR) is 120 cm³/mol. The van der Waals surface area contributed by atoms with E-state index in [1.54, 1.807) is 0 Å². The minimum atomic E-state index is 0.0994. The van der Waals surface area contributed by atoms with E-state index in [0.29, 0.717) is 8.46 Å². The van der Waals surface area contributed by atoms with Crippen molar-refractivity contribution in [3.05, 3.63) is 0 Å². The Labute approximate surface area is 167 Å². The van der Waals surface area contributed by atoms with Gasteiger partial charge in [0, 0.05) is 0 Å². The lowest BCUT2D eigenvalue weighted by Crippen LogP contribution is -2.22. The van der Waals surface area contributed by atoms with E-state index >= 15 is 0 Å². The maximum absolute atomic E-state index is 12.1. The van der Waals surface area contributed by atoms with Crippen molar-refractivity contribution in [2.75, 3.05) is 0 Å². The standard InChI is InChI=1S/C24H49OP/c1-4-7-10-13-14-15-17-20-23-24(26-25,21-18-12-9-6-3)22-19-16-11-8-5-2/h4-23H2,1-3H3. The monoisotopic (exact) mass is 384 g/mol. The molecule has 0 aliphatic heterocycles. The highest BCUT2D eigenvalue weighted by Crippen LogP contribution is 2.40. The summed E-state index contributed by atoms with van der Waals surface area (Å²) in [5.41, 5.74) is 0. The largest absolute Gasteiger partial charge is 0.274 e. The number of unbranched alkanes of at least 4 members (excludes halogenated alkanes) is 14. The summed E-state index contributed by atoms with van der Waals surface area (Å²) in [5, 5.41) is 0.0994. The zero-order chi connectivity index (χ0) is 19.3. The van der Waals surface area contributed by atoms with Gasteiger partial charge in [-0.1, -0.05) is 130 Å². The first-order valence-electron chi connectivity index (χ1n) is 12.1. The molecule has 0 saturated heterocycles. The van der Waals surface area contributed by atoms with Crippen LogP contribution in [0.5, 0.6) is 0 Å². The highest BCUT2D eigenvalue weighted by atomic mass is 31.1. The van der Waals surface area contributed by atoms with Crippen LogP contribution in [0.1, 0.15) is 149 Å². The maximum Gasteiger partial charge on any atom is 0.162 e. The summed E-state index contributed by atoms with van der Waals surface area (Å²) >= 11 is 0. The van der Waals surface area contributed by atoms with Gasteiger partial charge in [0.2, 0.25) is 0 Å². The molecular formula is C24H49OP. The summed E-state index contributed by atoms with van der Waals surface area (Å²) in [4.78, 5) is 0. The lowest BCUT2D eigenvalue weighted by atomic mass is 9.88. The minimum Gasteiger partial charge on any atom is -0.274 e. The third-order valence-corrected chi connectivity index (χ3v) is 6.99. The Kier molecular flexibility index (Phi) is 19.9. The van der Waals surface area contributed by atoms with Gasteiger partial charge in [-0.15, -0.1) is 0 Å². The van der Waals surface area contributed by atoms with Gasteiger partial charge in [-0.3, -0.25) is 4.57 Å². The molecule has 0 amide bonds. The topological polar surface area (TPSA) is 17.1 Å². The molecule has 0 heterocycles. The highest BCUT2D eigenvalue weighted by molar-refractivity contribution is 7.26. The van der Waals surface area contributed by atoms with Crippen LogP contribution >= 0.6 is 8.46 Å². The molecule has 0 bridgehead atoms. The molecule has 1 nitrogen and oxygen atoms in total. The summed E-state index contributed by atoms with van der Waals surface area (Å²) in [7, 11) is 0.435. The van der Waals surface area contributed by atoms with Gasteiger partial charge in [0.25, 0.3) is 0 Å². The second-order valence-corrected chi connectivity index (χ2v) is 9.65. The van der Waals surface area contributed by atoms with E-state index in [1.165, 1.54) is 128 Å². The average molecular weight is 385 g/mol. The summed E-state index contributed by atoms with van der Waals surface area (Å²) in [6.07, 6.45) is 26.4. The summed E-state index contributed by atoms with van der Waals surface area (Å²) in [6.45, 7) is 6.83. The van der Waals surface area contributed by atoms with Crippen molar-refractivity contribution in [1.82, 2.24) is 0 Å². The SMILES string of the molecule is CCCCCCCCCCC(CCCCCC)(CCCCCCC)P=O. The molecule has 0 aromatic rings. The Morgan fingerprint density at radius 3 is 1.04 bits per heavy atom. The quantitative estimate of drug-likeness (QED) is 0.142. The van der Waals surface area contributed by atoms with E-state index in [2.05, 4.69) is 20.8 Å². The summed E-state index contributed by atoms with van der Waals surface area (Å²) in [6, 6.07) is 0. The highest BCUT2D eigenvalue weighted by Gasteiger charge is 2.29. The Bertz CT molecular complexity index is 292. The van der Waals surface area contributed by atoms with Crippen LogP contribution in [0.25, 0.3) is 0 Å². The zero-order valence-corrected chi connectivity index (χ0v) is 19.4. The molecule has 26 heavy (non-hydrogen) atoms. The van der Waals surface area contributed by atoms with Crippen molar-refractivity contribution in [3.63, 3.8) is 0 Å². The maximum atomic E-state index is 12.1. The van der Waals surface area contributed by atoms with Gasteiger partial charge < -0.3 is 0 Å². The predicted octanol–water partition coefficient (Wildman–Crippen LogP) is 9.88. The molecule has 0 aliphatic carbocycles. The van der Waals surface area contributed by atoms with Crippen LogP contribution in [0.15, 0.2) is 0 Å². The van der Waals surface area contributed by atoms with E-state index in [9.17, 15) is 4.57 Å². The van der Waals surface area contributed by atoms with Crippen molar-refractivity contribution in [3.8, 4) is 0 Å². The van der Waals surface area contributed by atoms with Crippen molar-refractivity contribution in [2.45, 2.75) is 154 Å². The second kappa shape index (κ2) is 19.9. The van der Waals surface area contributed by atoms with Crippen molar-refractivity contribution < 1.29 is 4.57 Å². The van der Waals surface area contributed by atoms with E-state index in [0.717, 1.165) is 0 Å². The Morgan fingerprint density at radius 2 is 0.731 bits per heavy atom. The Balaban J connectivity index is 4.16. The number of hydrogen-bond donors (Lipinski definition) is 0. The van der Waals surface area contributed by atoms with Crippen LogP contribution in [-0.4, -0.2) is 5.16 Å². The van der Waals surface area contributed by atoms with Gasteiger partial charge in [0.15, 0.2) is 8.46 Å². The van der Waals surface area contributed by atoms with Crippen LogP contribution in [-0.2, 0) is 4.57 Å². The lowest BCUT2D eigenvalue weighted by molar-refractivity contribution is 0.391. The van der Waals surface area contributed by atoms with E-state index in [-0.39, 0.29) is 5.16 Å². The van der Waals surface area contributed by atoms with Crippen LogP contribution in [0, 0.1) is 0 Å². The van der Waals surface area contributed by atoms with Gasteiger partial charge in [0.1, 0.15) is 0 Å². The van der Waals surface area contributed by atoms with Crippen molar-refractivity contribution in [2.24, 2.45) is 0 Å². The third kappa shape index (κ3) is 15.2. The molecule has 156 valence electrons. The van der Waals surface area contributed by atoms with Crippen LogP contribution in [0.2, 0.25) is 0 Å². The molecule has 0 rings (SSSR count). The van der Waals surface area contributed by atoms with E-state index in [1.807, 2.05) is 0 Å². The van der Waals surface area contributed by atoms with Gasteiger partial charge >= 0.3 is 0 Å². The molecule has 0 radical (unpaired) electrons. The minimum absolute atomic E-state index is 0.0994. The van der Waals surface area contributed by atoms with Gasteiger partial charge in [0.05, 0.1) is 5.16 Å². The lowest BCUT2D eigenvalue weighted by Gasteiger charge is -2.27. The summed E-state index contributed by atoms with van der Waals surface area (Å²) < 4.78 is 12.1. The Morgan fingerprint density at radius 1 is 0.462 bits per heavy atom. The molecule has 0 saturated carbocycles. The van der Waals surface area contributed by atoms with Crippen molar-refractivity contribution >= 4 is 8.46 Å². The number of hydrogen-bond acceptors (Lipinski definition) is 1. The van der Waals surface area contributed by atoms with Gasteiger partial charge in [-0.2, -0.15) is 0 Å². The van der Waals surface area contributed by atoms with Crippen LogP contribution in [0.4, 0.5) is 0 Å². The first-order chi connectivity index (χ1) is 12.7. The molecule has 0 aromatic heterocycles. The first-order valence-corrected chi connectivity index (χ1v) is 12.9. The molecule has 0 aliphatic rings. The second-order valence-electron chi connectivity index (χ2n) is 8.52. The van der Waals surface area contributed by atoms with Crippen molar-refractivity contribution in [1.29, 1.82) is 0 Å². The normalized spacial score (nSPS) is 14.0. The fraction of sp³-hybridized carbons (Fsp3) is 1.00. The van der Waals surface area contributed by atoms with Gasteiger partial charge in [-0.05, 0) is 19.3 Å². The molecule has 0 fully saturated rings. The smallest absolute Gasteiger partial charge is 0.162 e. The average Bonchev–Trinajstić information content (AvgIpc) is 2.66. The fourth-order valence-corrected chi connectivity index (χ4v) is 4.79. The molecule has 0 spiro atoms. The van der Waals surface area contributed by atoms with E-state index < -0.39 is 0 Å². The van der Waals surface area contributed by atoms with Crippen LogP contribution in [0.3, 0.4) is 0 Å². The molecular weight excluding hydrogens is 335 g/mol. The number of rotatable bonds is 21. The molecule has 1 atom stereocenters.